The Kier molecular flexibility index (Phi) is 6.57. The monoisotopic (exact) mass is 439 g/mol. The normalized spacial score (nSPS) is 14.8. The first-order chi connectivity index (χ1) is 15.0. The molecule has 0 saturated heterocycles. The van der Waals surface area contributed by atoms with Gasteiger partial charge in [0.05, 0.1) is 5.92 Å². The van der Waals surface area contributed by atoms with Gasteiger partial charge in [0.1, 0.15) is 12.6 Å². The minimum Gasteiger partial charge on any atom is -0.481 e. The van der Waals surface area contributed by atoms with Crippen molar-refractivity contribution in [3.63, 3.8) is 0 Å². The van der Waals surface area contributed by atoms with Crippen molar-refractivity contribution < 1.29 is 29.3 Å². The number of amides is 1. The van der Waals surface area contributed by atoms with Crippen LogP contribution in [0.4, 0.5) is 4.79 Å². The van der Waals surface area contributed by atoms with Crippen molar-refractivity contribution in [3.05, 3.63) is 59.7 Å². The zero-order valence-electron chi connectivity index (χ0n) is 18.7. The Hall–Kier alpha value is -3.35. The molecule has 0 heterocycles. The van der Waals surface area contributed by atoms with Crippen molar-refractivity contribution >= 4 is 18.0 Å². The summed E-state index contributed by atoms with van der Waals surface area (Å²) in [5.41, 5.74) is 3.63. The second kappa shape index (κ2) is 9.02. The second-order valence-corrected chi connectivity index (χ2v) is 9.26. The van der Waals surface area contributed by atoms with Crippen molar-refractivity contribution in [1.29, 1.82) is 0 Å². The van der Waals surface area contributed by atoms with Crippen molar-refractivity contribution in [3.8, 4) is 11.1 Å². The van der Waals surface area contributed by atoms with Crippen molar-refractivity contribution in [1.82, 2.24) is 4.90 Å². The highest BCUT2D eigenvalue weighted by Crippen LogP contribution is 2.44. The standard InChI is InChI=1S/C25H29NO6/c1-25(2,3)20(22(27)28)13-21(23(29)30)26(4)24(31)32-14-19-17-11-7-5-9-15(17)16-10-6-8-12-18(16)19/h5-12,19-21H,13-14H2,1-4H3,(H,27,28)(H,29,30)/t20-,21-/m0/s1. The zero-order valence-corrected chi connectivity index (χ0v) is 18.7. The second-order valence-electron chi connectivity index (χ2n) is 9.26. The summed E-state index contributed by atoms with van der Waals surface area (Å²) in [5.74, 6) is -3.45. The number of nitrogens with zero attached hydrogens (tertiary/aromatic N) is 1. The summed E-state index contributed by atoms with van der Waals surface area (Å²) >= 11 is 0. The number of aliphatic carboxylic acids is 2. The van der Waals surface area contributed by atoms with E-state index >= 15 is 0 Å². The number of carbonyl (C=O) groups is 3. The molecule has 2 N–H and O–H groups in total. The van der Waals surface area contributed by atoms with Gasteiger partial charge in [0.15, 0.2) is 0 Å². The fourth-order valence-electron chi connectivity index (χ4n) is 4.30. The molecule has 0 aromatic heterocycles. The van der Waals surface area contributed by atoms with E-state index in [1.807, 2.05) is 48.5 Å². The van der Waals surface area contributed by atoms with Gasteiger partial charge in [-0.25, -0.2) is 9.59 Å². The van der Waals surface area contributed by atoms with Crippen LogP contribution in [-0.4, -0.2) is 52.8 Å². The van der Waals surface area contributed by atoms with Gasteiger partial charge in [-0.05, 0) is 34.1 Å². The minimum absolute atomic E-state index is 0.0607. The van der Waals surface area contributed by atoms with Gasteiger partial charge in [-0.3, -0.25) is 9.69 Å². The molecule has 0 spiro atoms. The Morgan fingerprint density at radius 3 is 1.88 bits per heavy atom. The highest BCUT2D eigenvalue weighted by atomic mass is 16.6. The van der Waals surface area contributed by atoms with Gasteiger partial charge < -0.3 is 14.9 Å². The molecule has 2 aromatic carbocycles. The van der Waals surface area contributed by atoms with E-state index in [1.54, 1.807) is 20.8 Å². The van der Waals surface area contributed by atoms with Crippen molar-refractivity contribution in [2.45, 2.75) is 39.2 Å². The van der Waals surface area contributed by atoms with Crippen LogP contribution < -0.4 is 0 Å². The predicted molar refractivity (Wildman–Crippen MR) is 119 cm³/mol. The molecule has 1 aliphatic carbocycles. The van der Waals surface area contributed by atoms with Gasteiger partial charge in [0.2, 0.25) is 0 Å². The van der Waals surface area contributed by atoms with Gasteiger partial charge >= 0.3 is 18.0 Å². The van der Waals surface area contributed by atoms with Crippen LogP contribution in [0.2, 0.25) is 0 Å². The van der Waals surface area contributed by atoms with Gasteiger partial charge in [0, 0.05) is 13.0 Å². The van der Waals surface area contributed by atoms with Gasteiger partial charge in [-0.15, -0.1) is 0 Å². The average Bonchev–Trinajstić information content (AvgIpc) is 3.04. The Labute approximate surface area is 187 Å². The van der Waals surface area contributed by atoms with Crippen molar-refractivity contribution in [2.24, 2.45) is 11.3 Å². The number of hydrogen-bond donors (Lipinski definition) is 2. The summed E-state index contributed by atoms with van der Waals surface area (Å²) < 4.78 is 5.54. The first-order valence-corrected chi connectivity index (χ1v) is 10.6. The SMILES string of the molecule is CN(C(=O)OCC1c2ccccc2-c2ccccc21)[C@@H](C[C@@H](C(=O)O)C(C)(C)C)C(=O)O. The molecule has 2 aromatic rings. The molecule has 1 amide bonds. The first-order valence-electron chi connectivity index (χ1n) is 10.6. The van der Waals surface area contributed by atoms with E-state index in [-0.39, 0.29) is 18.9 Å². The maximum absolute atomic E-state index is 12.8. The van der Waals surface area contributed by atoms with E-state index < -0.39 is 35.4 Å². The number of carbonyl (C=O) groups excluding carboxylic acids is 1. The lowest BCUT2D eigenvalue weighted by Gasteiger charge is -2.32. The molecular formula is C25H29NO6. The van der Waals surface area contributed by atoms with Crippen LogP contribution in [0.5, 0.6) is 0 Å². The van der Waals surface area contributed by atoms with Crippen LogP contribution in [0.15, 0.2) is 48.5 Å². The maximum atomic E-state index is 12.8. The van der Waals surface area contributed by atoms with E-state index in [0.717, 1.165) is 27.2 Å². The molecule has 2 atom stereocenters. The highest BCUT2D eigenvalue weighted by Gasteiger charge is 2.39. The fourth-order valence-corrected chi connectivity index (χ4v) is 4.30. The number of carboxylic acid groups (broad SMARTS) is 2. The number of rotatable bonds is 7. The van der Waals surface area contributed by atoms with E-state index in [2.05, 4.69) is 0 Å². The largest absolute Gasteiger partial charge is 0.481 e. The molecule has 0 bridgehead atoms. The topological polar surface area (TPSA) is 104 Å². The minimum atomic E-state index is -1.31. The smallest absolute Gasteiger partial charge is 0.410 e. The lowest BCUT2D eigenvalue weighted by atomic mass is 9.77. The Morgan fingerprint density at radius 1 is 0.938 bits per heavy atom. The highest BCUT2D eigenvalue weighted by molar-refractivity contribution is 5.82. The molecule has 170 valence electrons. The molecule has 0 unspecified atom stereocenters. The van der Waals surface area contributed by atoms with Gasteiger partial charge in [-0.1, -0.05) is 69.3 Å². The third kappa shape index (κ3) is 4.61. The van der Waals surface area contributed by atoms with Crippen LogP contribution in [0.25, 0.3) is 11.1 Å². The zero-order chi connectivity index (χ0) is 23.6. The van der Waals surface area contributed by atoms with E-state index in [9.17, 15) is 24.6 Å². The number of fused-ring (bicyclic) bond motifs is 3. The van der Waals surface area contributed by atoms with Crippen molar-refractivity contribution in [2.75, 3.05) is 13.7 Å². The molecule has 0 saturated carbocycles. The van der Waals surface area contributed by atoms with Crippen LogP contribution >= 0.6 is 0 Å². The summed E-state index contributed by atoms with van der Waals surface area (Å²) in [4.78, 5) is 37.3. The first kappa shape index (κ1) is 23.3. The van der Waals surface area contributed by atoms with E-state index in [0.29, 0.717) is 0 Å². The molecule has 0 aliphatic heterocycles. The summed E-state index contributed by atoms with van der Waals surface area (Å²) in [6, 6.07) is 14.5. The number of carboxylic acids is 2. The van der Waals surface area contributed by atoms with Crippen LogP contribution in [0, 0.1) is 11.3 Å². The Morgan fingerprint density at radius 2 is 1.44 bits per heavy atom. The Balaban J connectivity index is 1.75. The fraction of sp³-hybridized carbons (Fsp3) is 0.400. The number of ether oxygens (including phenoxy) is 1. The lowest BCUT2D eigenvalue weighted by Crippen LogP contribution is -2.46. The van der Waals surface area contributed by atoms with Gasteiger partial charge in [-0.2, -0.15) is 0 Å². The number of likely N-dealkylation sites (N-methyl/N-ethyl adjacent to an activating group) is 1. The third-order valence-electron chi connectivity index (χ3n) is 6.18. The summed E-state index contributed by atoms with van der Waals surface area (Å²) in [6.07, 6.45) is -1.01. The van der Waals surface area contributed by atoms with Gasteiger partial charge in [0.25, 0.3) is 0 Å². The number of hydrogen-bond acceptors (Lipinski definition) is 4. The Bertz CT molecular complexity index is 980. The third-order valence-corrected chi connectivity index (χ3v) is 6.18. The lowest BCUT2D eigenvalue weighted by molar-refractivity contribution is -0.149. The molecule has 3 rings (SSSR count). The average molecular weight is 440 g/mol. The molecule has 0 fully saturated rings. The quantitative estimate of drug-likeness (QED) is 0.660. The maximum Gasteiger partial charge on any atom is 0.410 e. The molecule has 7 nitrogen and oxygen atoms in total. The molecular weight excluding hydrogens is 410 g/mol. The molecule has 32 heavy (non-hydrogen) atoms. The summed E-state index contributed by atoms with van der Waals surface area (Å²) in [7, 11) is 1.33. The summed E-state index contributed by atoms with van der Waals surface area (Å²) in [5, 5.41) is 19.3. The molecule has 0 radical (unpaired) electrons. The molecule has 7 heteroatoms. The number of benzene rings is 2. The summed E-state index contributed by atoms with van der Waals surface area (Å²) in [6.45, 7) is 5.26. The van der Waals surface area contributed by atoms with Crippen LogP contribution in [0.3, 0.4) is 0 Å². The predicted octanol–water partition coefficient (Wildman–Crippen LogP) is 4.46. The van der Waals surface area contributed by atoms with Crippen LogP contribution in [0.1, 0.15) is 44.2 Å². The van der Waals surface area contributed by atoms with Crippen LogP contribution in [-0.2, 0) is 14.3 Å². The van der Waals surface area contributed by atoms with E-state index in [1.165, 1.54) is 7.05 Å². The van der Waals surface area contributed by atoms with E-state index in [4.69, 9.17) is 4.74 Å². The molecule has 1 aliphatic rings.